The summed E-state index contributed by atoms with van der Waals surface area (Å²) in [5, 5.41) is 17.3. The van der Waals surface area contributed by atoms with Gasteiger partial charge in [0.05, 0.1) is 30.4 Å². The number of fused-ring (bicyclic) bond motifs is 2. The summed E-state index contributed by atoms with van der Waals surface area (Å²) in [6, 6.07) is 3.25. The van der Waals surface area contributed by atoms with E-state index in [4.69, 9.17) is 40.5 Å². The number of methoxy groups -OCH3 is 1. The number of aliphatic imine (C=N–C) groups is 1. The molecule has 0 bridgehead atoms. The fraction of sp³-hybridized carbons (Fsp3) is 0.619. The topological polar surface area (TPSA) is 178 Å². The lowest BCUT2D eigenvalue weighted by Gasteiger charge is -2.35. The Labute approximate surface area is 348 Å². The van der Waals surface area contributed by atoms with E-state index in [2.05, 4.69) is 31.1 Å². The van der Waals surface area contributed by atoms with Crippen LogP contribution in [0.4, 0.5) is 4.79 Å². The number of benzene rings is 1. The molecule has 16 heteroatoms. The lowest BCUT2D eigenvalue weighted by molar-refractivity contribution is -0.146. The van der Waals surface area contributed by atoms with Crippen molar-refractivity contribution in [1.82, 2.24) is 20.5 Å². The molecule has 2 unspecified atom stereocenters. The first-order chi connectivity index (χ1) is 27.5. The monoisotopic (exact) mass is 839 g/mol. The molecule has 4 fully saturated rings. The zero-order chi connectivity index (χ0) is 41.7. The molecule has 0 spiro atoms. The van der Waals surface area contributed by atoms with Crippen LogP contribution < -0.4 is 20.1 Å². The minimum absolute atomic E-state index is 0.0343. The van der Waals surface area contributed by atoms with Gasteiger partial charge >= 0.3 is 12.1 Å². The molecule has 1 aromatic carbocycles. The zero-order valence-corrected chi connectivity index (χ0v) is 35.5. The van der Waals surface area contributed by atoms with Crippen LogP contribution in [0, 0.1) is 29.1 Å². The van der Waals surface area contributed by atoms with E-state index >= 15 is 0 Å². The molecule has 2 aromatic rings. The van der Waals surface area contributed by atoms with Gasteiger partial charge in [0, 0.05) is 36.7 Å². The Kier molecular flexibility index (Phi) is 12.0. The van der Waals surface area contributed by atoms with Crippen molar-refractivity contribution in [2.75, 3.05) is 32.6 Å². The third-order valence-corrected chi connectivity index (χ3v) is 13.5. The third-order valence-electron chi connectivity index (χ3n) is 12.1. The van der Waals surface area contributed by atoms with Gasteiger partial charge in [-0.1, -0.05) is 52.3 Å². The number of aliphatic carboxylic acids is 1. The highest BCUT2D eigenvalue weighted by Crippen LogP contribution is 2.52. The number of nitrogens with one attached hydrogen (secondary N) is 2. The van der Waals surface area contributed by atoms with Crippen molar-refractivity contribution < 1.29 is 43.2 Å². The van der Waals surface area contributed by atoms with Gasteiger partial charge in [0.1, 0.15) is 58.0 Å². The van der Waals surface area contributed by atoms with Crippen LogP contribution in [-0.4, -0.2) is 112 Å². The molecule has 58 heavy (non-hydrogen) atoms. The number of hydrogen-bond acceptors (Lipinski definition) is 11. The van der Waals surface area contributed by atoms with E-state index in [1.165, 1.54) is 17.4 Å². The predicted octanol–water partition coefficient (Wildman–Crippen LogP) is 5.86. The number of carboxylic acid groups (broad SMARTS) is 1. The number of pyridine rings is 1. The van der Waals surface area contributed by atoms with Gasteiger partial charge in [0.2, 0.25) is 11.8 Å². The molecular weight excluding hydrogens is 786 g/mol. The molecule has 1 saturated heterocycles. The number of likely N-dealkylation sites (tertiary alicyclic amines) is 1. The number of carboxylic acids is 1. The number of halogens is 1. The first-order valence-electron chi connectivity index (χ1n) is 20.1. The highest BCUT2D eigenvalue weighted by atomic mass is 35.5. The Morgan fingerprint density at radius 2 is 1.84 bits per heavy atom. The Morgan fingerprint density at radius 1 is 1.10 bits per heavy atom. The molecule has 0 radical (unpaired) electrons. The standard InChI is InChI=1S/C42H54ClN5O9S/c1-8-24-18-42(24,39(51)52)47-36(49)30-16-26(19-48(30)38(50)35(41(4,5)6)46-40(53)57-25-14-22-13-23(22)15-25)56-32-17-28(37-45-29(20-58-37)21(2)3)44-34-27(32)9-10-31(33(34)43)55-12-11-54-7/h8-10,17,21-26,29-30,35H,1,11-16,18-20H2,2-7H3,(H,46,53)(H,47,49)(H,51,52)/t22-,23+,24-,25?,26-,29?,30+,35-,42-/m1/s1. The highest BCUT2D eigenvalue weighted by Gasteiger charge is 2.61. The van der Waals surface area contributed by atoms with Crippen LogP contribution in [0.1, 0.15) is 72.4 Å². The second-order valence-electron chi connectivity index (χ2n) is 17.7. The number of hydrogen-bond donors (Lipinski definition) is 3. The fourth-order valence-corrected chi connectivity index (χ4v) is 9.89. The summed E-state index contributed by atoms with van der Waals surface area (Å²) in [5.41, 5.74) is -1.31. The van der Waals surface area contributed by atoms with Gasteiger partial charge in [0.15, 0.2) is 0 Å². The van der Waals surface area contributed by atoms with Crippen LogP contribution in [0.2, 0.25) is 5.02 Å². The molecule has 1 aromatic heterocycles. The van der Waals surface area contributed by atoms with Crippen molar-refractivity contribution in [3.8, 4) is 11.5 Å². The number of thioether (sulfide) groups is 1. The van der Waals surface area contributed by atoms with Gasteiger partial charge < -0.3 is 39.6 Å². The van der Waals surface area contributed by atoms with Crippen LogP contribution in [0.25, 0.3) is 10.9 Å². The molecule has 14 nitrogen and oxygen atoms in total. The summed E-state index contributed by atoms with van der Waals surface area (Å²) in [6.45, 7) is 14.1. The molecule has 2 aliphatic heterocycles. The largest absolute Gasteiger partial charge is 0.490 e. The minimum atomic E-state index is -1.52. The van der Waals surface area contributed by atoms with E-state index in [9.17, 15) is 24.3 Å². The van der Waals surface area contributed by atoms with Crippen molar-refractivity contribution in [3.05, 3.63) is 41.6 Å². The van der Waals surface area contributed by atoms with E-state index in [0.717, 1.165) is 23.6 Å². The Morgan fingerprint density at radius 3 is 2.47 bits per heavy atom. The molecule has 5 aliphatic rings. The quantitative estimate of drug-likeness (QED) is 0.145. The number of ether oxygens (including phenoxy) is 4. The molecule has 3 aliphatic carbocycles. The highest BCUT2D eigenvalue weighted by molar-refractivity contribution is 8.14. The van der Waals surface area contributed by atoms with E-state index in [1.807, 2.05) is 20.8 Å². The van der Waals surface area contributed by atoms with Crippen LogP contribution in [0.15, 0.2) is 35.8 Å². The average Bonchev–Trinajstić information content (AvgIpc) is 3.81. The SMILES string of the molecule is C=C[C@@H]1C[C@]1(NC(=O)[C@@H]1C[C@@H](Oc2cc(C3=NC(C(C)C)CS3)nc3c(Cl)c(OCCOC)ccc23)CN1C(=O)[C@@H](NC(=O)OC1C[C@@H]2C[C@@H]2C1)C(C)(C)C)C(=O)O. The maximum atomic E-state index is 14.7. The molecule has 9 atom stereocenters. The fourth-order valence-electron chi connectivity index (χ4n) is 8.38. The molecule has 3 saturated carbocycles. The summed E-state index contributed by atoms with van der Waals surface area (Å²) < 4.78 is 23.6. The number of nitrogens with zero attached hydrogens (tertiary/aromatic N) is 3. The van der Waals surface area contributed by atoms with Gasteiger partial charge in [-0.3, -0.25) is 14.6 Å². The van der Waals surface area contributed by atoms with Crippen molar-refractivity contribution >= 4 is 63.2 Å². The zero-order valence-electron chi connectivity index (χ0n) is 33.9. The smallest absolute Gasteiger partial charge is 0.408 e. The number of carbonyl (C=O) groups excluding carboxylic acids is 3. The number of alkyl carbamates (subject to hydrolysis) is 1. The van der Waals surface area contributed by atoms with Crippen molar-refractivity contribution in [3.63, 3.8) is 0 Å². The molecule has 3 heterocycles. The number of rotatable bonds is 15. The number of carbonyl (C=O) groups is 4. The van der Waals surface area contributed by atoms with Gasteiger partial charge in [-0.2, -0.15) is 0 Å². The summed E-state index contributed by atoms with van der Waals surface area (Å²) in [4.78, 5) is 65.9. The Hall–Kier alpha value is -4.08. The molecular formula is C42H54ClN5O9S. The molecule has 314 valence electrons. The number of aromatic nitrogens is 1. The Balaban J connectivity index is 1.20. The van der Waals surface area contributed by atoms with Gasteiger partial charge in [0.25, 0.3) is 0 Å². The lowest BCUT2D eigenvalue weighted by Crippen LogP contribution is -2.59. The van der Waals surface area contributed by atoms with Crippen molar-refractivity contribution in [1.29, 1.82) is 0 Å². The maximum absolute atomic E-state index is 14.7. The summed E-state index contributed by atoms with van der Waals surface area (Å²) >= 11 is 8.56. The van der Waals surface area contributed by atoms with E-state index in [-0.39, 0.29) is 43.2 Å². The first kappa shape index (κ1) is 42.1. The average molecular weight is 840 g/mol. The van der Waals surface area contributed by atoms with E-state index in [1.54, 1.807) is 37.1 Å². The van der Waals surface area contributed by atoms with Crippen LogP contribution in [0.5, 0.6) is 11.5 Å². The van der Waals surface area contributed by atoms with Gasteiger partial charge in [-0.05, 0) is 61.0 Å². The van der Waals surface area contributed by atoms with Gasteiger partial charge in [-0.15, -0.1) is 18.3 Å². The minimum Gasteiger partial charge on any atom is -0.490 e. The lowest BCUT2D eigenvalue weighted by atomic mass is 9.85. The Bertz CT molecular complexity index is 2000. The number of amides is 3. The maximum Gasteiger partial charge on any atom is 0.408 e. The molecule has 3 N–H and O–H groups in total. The summed E-state index contributed by atoms with van der Waals surface area (Å²) in [7, 11) is 1.58. The second kappa shape index (κ2) is 16.5. The first-order valence-corrected chi connectivity index (χ1v) is 21.5. The van der Waals surface area contributed by atoms with E-state index in [0.29, 0.717) is 52.5 Å². The summed E-state index contributed by atoms with van der Waals surface area (Å²) in [6.07, 6.45) is 2.93. The van der Waals surface area contributed by atoms with Gasteiger partial charge in [-0.25, -0.2) is 14.6 Å². The van der Waals surface area contributed by atoms with Crippen molar-refractivity contribution in [2.24, 2.45) is 34.1 Å². The van der Waals surface area contributed by atoms with Crippen LogP contribution in [-0.2, 0) is 23.9 Å². The normalized spacial score (nSPS) is 29.1. The van der Waals surface area contributed by atoms with Crippen molar-refractivity contribution in [2.45, 2.75) is 103 Å². The van der Waals surface area contributed by atoms with Crippen LogP contribution >= 0.6 is 23.4 Å². The molecule has 3 amide bonds. The van der Waals surface area contributed by atoms with E-state index < -0.39 is 58.9 Å². The third kappa shape index (κ3) is 8.63. The summed E-state index contributed by atoms with van der Waals surface area (Å²) in [5.74, 6) is 0.379. The van der Waals surface area contributed by atoms with Crippen LogP contribution in [0.3, 0.4) is 0 Å². The second-order valence-corrected chi connectivity index (χ2v) is 19.1. The predicted molar refractivity (Wildman–Crippen MR) is 221 cm³/mol. The molecule has 7 rings (SSSR count).